The Morgan fingerprint density at radius 2 is 2.18 bits per heavy atom. The van der Waals surface area contributed by atoms with E-state index in [0.717, 1.165) is 0 Å². The molecule has 0 aliphatic carbocycles. The maximum Gasteiger partial charge on any atom is 0.488 e. The number of rotatable bonds is 4. The predicted octanol–water partition coefficient (Wildman–Crippen LogP) is -0.484. The number of hydrogen-bond acceptors (Lipinski definition) is 4. The average Bonchev–Trinajstić information content (AvgIpc) is 2.29. The van der Waals surface area contributed by atoms with Gasteiger partial charge in [0.1, 0.15) is 5.75 Å². The maximum absolute atomic E-state index is 11.3. The van der Waals surface area contributed by atoms with Crippen LogP contribution < -0.4 is 20.8 Å². The van der Waals surface area contributed by atoms with Gasteiger partial charge in [-0.05, 0) is 24.5 Å². The fourth-order valence-corrected chi connectivity index (χ4v) is 1.30. The second-order valence-corrected chi connectivity index (χ2v) is 3.32. The van der Waals surface area contributed by atoms with E-state index in [-0.39, 0.29) is 6.03 Å². The first-order valence-corrected chi connectivity index (χ1v) is 5.17. The van der Waals surface area contributed by atoms with E-state index in [1.54, 1.807) is 6.07 Å². The van der Waals surface area contributed by atoms with E-state index in [1.807, 2.05) is 6.92 Å². The molecule has 2 amide bonds. The number of urea groups is 1. The van der Waals surface area contributed by atoms with Crippen LogP contribution in [0.25, 0.3) is 0 Å². The summed E-state index contributed by atoms with van der Waals surface area (Å²) in [4.78, 5) is 11.3. The van der Waals surface area contributed by atoms with Crippen molar-refractivity contribution >= 4 is 24.3 Å². The molecule has 6 nitrogen and oxygen atoms in total. The predicted molar refractivity (Wildman–Crippen MR) is 65.5 cm³/mol. The van der Waals surface area contributed by atoms with Gasteiger partial charge in [0, 0.05) is 6.54 Å². The van der Waals surface area contributed by atoms with Crippen molar-refractivity contribution < 1.29 is 19.6 Å². The molecule has 0 heterocycles. The van der Waals surface area contributed by atoms with Crippen LogP contribution in [0.2, 0.25) is 0 Å². The first kappa shape index (κ1) is 13.3. The molecule has 1 rings (SSSR count). The summed E-state index contributed by atoms with van der Waals surface area (Å²) >= 11 is 0. The SMILES string of the molecule is CCNC(=O)Nc1ccc(B(O)O)cc1OC. The summed E-state index contributed by atoms with van der Waals surface area (Å²) in [6.07, 6.45) is 0. The number of anilines is 1. The number of methoxy groups -OCH3 is 1. The van der Waals surface area contributed by atoms with Gasteiger partial charge in [-0.3, -0.25) is 0 Å². The van der Waals surface area contributed by atoms with Crippen molar-refractivity contribution in [3.63, 3.8) is 0 Å². The Bertz CT molecular complexity index is 398. The summed E-state index contributed by atoms with van der Waals surface area (Å²) in [5.74, 6) is 0.363. The van der Waals surface area contributed by atoms with Crippen LogP contribution in [0.1, 0.15) is 6.92 Å². The minimum absolute atomic E-state index is 0.295. The van der Waals surface area contributed by atoms with E-state index < -0.39 is 7.12 Å². The van der Waals surface area contributed by atoms with E-state index in [1.165, 1.54) is 19.2 Å². The third kappa shape index (κ3) is 3.65. The number of amides is 2. The van der Waals surface area contributed by atoms with Crippen molar-refractivity contribution in [1.29, 1.82) is 0 Å². The molecule has 7 heteroatoms. The van der Waals surface area contributed by atoms with Crippen LogP contribution in [0.15, 0.2) is 18.2 Å². The molecule has 0 atom stereocenters. The van der Waals surface area contributed by atoms with Crippen LogP contribution in [0, 0.1) is 0 Å². The molecule has 0 aromatic heterocycles. The minimum atomic E-state index is -1.57. The number of carbonyl (C=O) groups is 1. The van der Waals surface area contributed by atoms with Gasteiger partial charge in [0.25, 0.3) is 0 Å². The van der Waals surface area contributed by atoms with Crippen LogP contribution in [-0.4, -0.2) is 36.9 Å². The van der Waals surface area contributed by atoms with Gasteiger partial charge >= 0.3 is 13.1 Å². The van der Waals surface area contributed by atoms with E-state index in [9.17, 15) is 4.79 Å². The molecule has 0 spiro atoms. The molecule has 0 saturated heterocycles. The number of nitrogens with one attached hydrogen (secondary N) is 2. The molecule has 17 heavy (non-hydrogen) atoms. The highest BCUT2D eigenvalue weighted by Gasteiger charge is 2.14. The highest BCUT2D eigenvalue weighted by atomic mass is 16.5. The maximum atomic E-state index is 11.3. The van der Waals surface area contributed by atoms with Gasteiger partial charge in [0.2, 0.25) is 0 Å². The minimum Gasteiger partial charge on any atom is -0.495 e. The largest absolute Gasteiger partial charge is 0.495 e. The Labute approximate surface area is 99.7 Å². The quantitative estimate of drug-likeness (QED) is 0.533. The molecule has 1 aromatic carbocycles. The normalized spacial score (nSPS) is 9.65. The van der Waals surface area contributed by atoms with Crippen LogP contribution >= 0.6 is 0 Å². The van der Waals surface area contributed by atoms with Gasteiger partial charge in [-0.1, -0.05) is 6.07 Å². The van der Waals surface area contributed by atoms with Crippen molar-refractivity contribution in [2.45, 2.75) is 6.92 Å². The summed E-state index contributed by atoms with van der Waals surface area (Å²) in [6.45, 7) is 2.32. The lowest BCUT2D eigenvalue weighted by Crippen LogP contribution is -2.31. The molecule has 0 aliphatic rings. The van der Waals surface area contributed by atoms with Crippen molar-refractivity contribution in [2.24, 2.45) is 0 Å². The molecule has 0 aliphatic heterocycles. The fraction of sp³-hybridized carbons (Fsp3) is 0.300. The van der Waals surface area contributed by atoms with E-state index in [2.05, 4.69) is 10.6 Å². The molecule has 0 fully saturated rings. The lowest BCUT2D eigenvalue weighted by Gasteiger charge is -2.11. The van der Waals surface area contributed by atoms with E-state index in [0.29, 0.717) is 23.4 Å². The van der Waals surface area contributed by atoms with Gasteiger partial charge in [0.15, 0.2) is 0 Å². The van der Waals surface area contributed by atoms with Crippen molar-refractivity contribution in [3.05, 3.63) is 18.2 Å². The van der Waals surface area contributed by atoms with E-state index >= 15 is 0 Å². The summed E-state index contributed by atoms with van der Waals surface area (Å²) < 4.78 is 5.05. The Morgan fingerprint density at radius 1 is 1.47 bits per heavy atom. The second-order valence-electron chi connectivity index (χ2n) is 3.32. The topological polar surface area (TPSA) is 90.8 Å². The fourth-order valence-electron chi connectivity index (χ4n) is 1.30. The molecule has 4 N–H and O–H groups in total. The zero-order chi connectivity index (χ0) is 12.8. The van der Waals surface area contributed by atoms with Crippen molar-refractivity contribution in [3.8, 4) is 5.75 Å². The second kappa shape index (κ2) is 6.12. The van der Waals surface area contributed by atoms with Crippen molar-refractivity contribution in [2.75, 3.05) is 19.0 Å². The van der Waals surface area contributed by atoms with Crippen LogP contribution in [0.3, 0.4) is 0 Å². The monoisotopic (exact) mass is 238 g/mol. The Morgan fingerprint density at radius 3 is 2.71 bits per heavy atom. The first-order valence-electron chi connectivity index (χ1n) is 5.17. The molecule has 0 unspecified atom stereocenters. The van der Waals surface area contributed by atoms with Crippen molar-refractivity contribution in [1.82, 2.24) is 5.32 Å². The third-order valence-corrected chi connectivity index (χ3v) is 2.11. The Hall–Kier alpha value is -1.73. The molecular formula is C10H15BN2O4. The smallest absolute Gasteiger partial charge is 0.488 e. The van der Waals surface area contributed by atoms with Gasteiger partial charge < -0.3 is 25.4 Å². The van der Waals surface area contributed by atoms with Gasteiger partial charge in [-0.25, -0.2) is 4.79 Å². The van der Waals surface area contributed by atoms with Crippen LogP contribution in [-0.2, 0) is 0 Å². The lowest BCUT2D eigenvalue weighted by atomic mass is 9.80. The molecular weight excluding hydrogens is 223 g/mol. The molecule has 0 saturated carbocycles. The summed E-state index contributed by atoms with van der Waals surface area (Å²) in [7, 11) is -0.131. The summed E-state index contributed by atoms with van der Waals surface area (Å²) in [6, 6.07) is 4.15. The summed E-state index contributed by atoms with van der Waals surface area (Å²) in [5, 5.41) is 23.2. The highest BCUT2D eigenvalue weighted by Crippen LogP contribution is 2.22. The highest BCUT2D eigenvalue weighted by molar-refractivity contribution is 6.58. The van der Waals surface area contributed by atoms with Gasteiger partial charge in [-0.15, -0.1) is 0 Å². The summed E-state index contributed by atoms with van der Waals surface area (Å²) in [5.41, 5.74) is 0.756. The molecule has 0 radical (unpaired) electrons. The molecule has 1 aromatic rings. The number of hydrogen-bond donors (Lipinski definition) is 4. The standard InChI is InChI=1S/C10H15BN2O4/c1-3-12-10(14)13-8-5-4-7(11(15)16)6-9(8)17-2/h4-6,15-16H,3H2,1-2H3,(H2,12,13,14). The van der Waals surface area contributed by atoms with Crippen LogP contribution in [0.5, 0.6) is 5.75 Å². The molecule has 92 valence electrons. The zero-order valence-corrected chi connectivity index (χ0v) is 9.73. The number of benzene rings is 1. The van der Waals surface area contributed by atoms with E-state index in [4.69, 9.17) is 14.8 Å². The zero-order valence-electron chi connectivity index (χ0n) is 9.73. The lowest BCUT2D eigenvalue weighted by molar-refractivity contribution is 0.252. The number of carbonyl (C=O) groups excluding carboxylic acids is 1. The third-order valence-electron chi connectivity index (χ3n) is 2.11. The average molecular weight is 238 g/mol. The van der Waals surface area contributed by atoms with Gasteiger partial charge in [-0.2, -0.15) is 0 Å². The molecule has 0 bridgehead atoms. The number of ether oxygens (including phenoxy) is 1. The van der Waals surface area contributed by atoms with Gasteiger partial charge in [0.05, 0.1) is 12.8 Å². The van der Waals surface area contributed by atoms with Crippen LogP contribution in [0.4, 0.5) is 10.5 Å². The Kier molecular flexibility index (Phi) is 4.80. The first-order chi connectivity index (χ1) is 8.08. The Balaban J connectivity index is 2.89.